The lowest BCUT2D eigenvalue weighted by Gasteiger charge is -2.11. The van der Waals surface area contributed by atoms with Crippen LogP contribution in [0.15, 0.2) is 27.3 Å². The molecule has 1 aromatic carbocycles. The monoisotopic (exact) mass is 298 g/mol. The number of anilines is 1. The SMILES string of the molecule is COc1cc(OC)c(-c2cnoc2N)cc1Br. The van der Waals surface area contributed by atoms with Crippen LogP contribution in [-0.4, -0.2) is 19.4 Å². The van der Waals surface area contributed by atoms with Gasteiger partial charge in [-0.05, 0) is 22.0 Å². The molecule has 0 saturated carbocycles. The molecule has 1 heterocycles. The van der Waals surface area contributed by atoms with Crippen LogP contribution in [0.2, 0.25) is 0 Å². The number of nitrogens with zero attached hydrogens (tertiary/aromatic N) is 1. The third-order valence-corrected chi connectivity index (χ3v) is 2.98. The second-order valence-electron chi connectivity index (χ2n) is 3.29. The molecule has 2 rings (SSSR count). The minimum absolute atomic E-state index is 0.250. The fourth-order valence-corrected chi connectivity index (χ4v) is 2.03. The molecule has 0 unspecified atom stereocenters. The first-order chi connectivity index (χ1) is 8.17. The van der Waals surface area contributed by atoms with Crippen molar-refractivity contribution in [3.05, 3.63) is 22.8 Å². The minimum Gasteiger partial charge on any atom is -0.496 e. The van der Waals surface area contributed by atoms with Gasteiger partial charge in [-0.15, -0.1) is 0 Å². The zero-order valence-corrected chi connectivity index (χ0v) is 10.9. The summed E-state index contributed by atoms with van der Waals surface area (Å²) in [6.45, 7) is 0. The van der Waals surface area contributed by atoms with Crippen molar-refractivity contribution in [2.24, 2.45) is 0 Å². The Labute approximate surface area is 107 Å². The zero-order valence-electron chi connectivity index (χ0n) is 9.36. The Morgan fingerprint density at radius 1 is 1.18 bits per heavy atom. The standard InChI is InChI=1S/C11H11BrN2O3/c1-15-9-4-10(16-2)8(12)3-6(9)7-5-14-17-11(7)13/h3-5H,13H2,1-2H3. The van der Waals surface area contributed by atoms with Gasteiger partial charge in [-0.25, -0.2) is 0 Å². The molecule has 2 aromatic rings. The first-order valence-corrected chi connectivity index (χ1v) is 5.58. The minimum atomic E-state index is 0.250. The van der Waals surface area contributed by atoms with E-state index in [-0.39, 0.29) is 5.88 Å². The molecule has 0 atom stereocenters. The Morgan fingerprint density at radius 2 is 1.88 bits per heavy atom. The Bertz CT molecular complexity index is 540. The Kier molecular flexibility index (Phi) is 3.23. The molecule has 0 spiro atoms. The number of aromatic nitrogens is 1. The van der Waals surface area contributed by atoms with E-state index in [1.54, 1.807) is 26.5 Å². The molecule has 0 bridgehead atoms. The van der Waals surface area contributed by atoms with Gasteiger partial charge in [-0.3, -0.25) is 0 Å². The summed E-state index contributed by atoms with van der Waals surface area (Å²) in [6.07, 6.45) is 1.55. The second kappa shape index (κ2) is 4.67. The molecule has 6 heteroatoms. The molecule has 17 heavy (non-hydrogen) atoms. The molecule has 2 N–H and O–H groups in total. The van der Waals surface area contributed by atoms with Gasteiger partial charge in [0.25, 0.3) is 0 Å². The highest BCUT2D eigenvalue weighted by Crippen LogP contribution is 2.40. The Hall–Kier alpha value is -1.69. The van der Waals surface area contributed by atoms with Crippen LogP contribution >= 0.6 is 15.9 Å². The summed E-state index contributed by atoms with van der Waals surface area (Å²) in [5, 5.41) is 3.64. The molecule has 0 aliphatic heterocycles. The largest absolute Gasteiger partial charge is 0.496 e. The van der Waals surface area contributed by atoms with Gasteiger partial charge < -0.3 is 19.7 Å². The highest BCUT2D eigenvalue weighted by Gasteiger charge is 2.15. The third-order valence-electron chi connectivity index (χ3n) is 2.36. The number of nitrogens with two attached hydrogens (primary N) is 1. The second-order valence-corrected chi connectivity index (χ2v) is 4.15. The maximum atomic E-state index is 5.69. The lowest BCUT2D eigenvalue weighted by Crippen LogP contribution is -1.93. The summed E-state index contributed by atoms with van der Waals surface area (Å²) in [5.41, 5.74) is 7.16. The number of nitrogen functional groups attached to an aromatic ring is 1. The number of rotatable bonds is 3. The summed E-state index contributed by atoms with van der Waals surface area (Å²) >= 11 is 3.41. The molecule has 0 radical (unpaired) electrons. The summed E-state index contributed by atoms with van der Waals surface area (Å²) in [7, 11) is 3.17. The van der Waals surface area contributed by atoms with Gasteiger partial charge in [0.15, 0.2) is 0 Å². The van der Waals surface area contributed by atoms with E-state index in [1.807, 2.05) is 6.07 Å². The maximum absolute atomic E-state index is 5.69. The van der Waals surface area contributed by atoms with Gasteiger partial charge in [0.2, 0.25) is 5.88 Å². The van der Waals surface area contributed by atoms with Crippen molar-refractivity contribution < 1.29 is 14.0 Å². The smallest absolute Gasteiger partial charge is 0.230 e. The molecule has 0 saturated heterocycles. The molecular weight excluding hydrogens is 288 g/mol. The van der Waals surface area contributed by atoms with E-state index in [0.29, 0.717) is 17.1 Å². The van der Waals surface area contributed by atoms with Gasteiger partial charge in [-0.1, -0.05) is 5.16 Å². The van der Waals surface area contributed by atoms with Crippen LogP contribution in [0, 0.1) is 0 Å². The zero-order chi connectivity index (χ0) is 12.4. The van der Waals surface area contributed by atoms with Crippen LogP contribution in [-0.2, 0) is 0 Å². The van der Waals surface area contributed by atoms with Gasteiger partial charge in [0.05, 0.1) is 30.5 Å². The van der Waals surface area contributed by atoms with Gasteiger partial charge >= 0.3 is 0 Å². The number of ether oxygens (including phenoxy) is 2. The van der Waals surface area contributed by atoms with Crippen molar-refractivity contribution in [1.82, 2.24) is 5.16 Å². The number of methoxy groups -OCH3 is 2. The van der Waals surface area contributed by atoms with E-state index < -0.39 is 0 Å². The highest BCUT2D eigenvalue weighted by molar-refractivity contribution is 9.10. The number of benzene rings is 1. The lowest BCUT2D eigenvalue weighted by atomic mass is 10.1. The Morgan fingerprint density at radius 3 is 2.41 bits per heavy atom. The van der Waals surface area contributed by atoms with E-state index in [4.69, 9.17) is 19.7 Å². The van der Waals surface area contributed by atoms with E-state index >= 15 is 0 Å². The average Bonchev–Trinajstić information content (AvgIpc) is 2.75. The van der Waals surface area contributed by atoms with Crippen molar-refractivity contribution in [3.63, 3.8) is 0 Å². The fraction of sp³-hybridized carbons (Fsp3) is 0.182. The maximum Gasteiger partial charge on any atom is 0.230 e. The number of hydrogen-bond donors (Lipinski definition) is 1. The summed E-state index contributed by atoms with van der Waals surface area (Å²) in [4.78, 5) is 0. The van der Waals surface area contributed by atoms with E-state index in [2.05, 4.69) is 21.1 Å². The third kappa shape index (κ3) is 2.08. The first kappa shape index (κ1) is 11.8. The van der Waals surface area contributed by atoms with Gasteiger partial charge in [0, 0.05) is 11.6 Å². The highest BCUT2D eigenvalue weighted by atomic mass is 79.9. The summed E-state index contributed by atoms with van der Waals surface area (Å²) in [6, 6.07) is 3.62. The van der Waals surface area contributed by atoms with Gasteiger partial charge in [0.1, 0.15) is 11.5 Å². The summed E-state index contributed by atoms with van der Waals surface area (Å²) in [5.74, 6) is 1.57. The average molecular weight is 299 g/mol. The van der Waals surface area contributed by atoms with Crippen molar-refractivity contribution in [3.8, 4) is 22.6 Å². The van der Waals surface area contributed by atoms with Crippen LogP contribution in [0.3, 0.4) is 0 Å². The van der Waals surface area contributed by atoms with Crippen molar-refractivity contribution in [2.45, 2.75) is 0 Å². The van der Waals surface area contributed by atoms with Crippen LogP contribution < -0.4 is 15.2 Å². The van der Waals surface area contributed by atoms with Gasteiger partial charge in [-0.2, -0.15) is 0 Å². The Balaban J connectivity index is 2.61. The lowest BCUT2D eigenvalue weighted by molar-refractivity contribution is 0.393. The normalized spacial score (nSPS) is 10.3. The van der Waals surface area contributed by atoms with Crippen molar-refractivity contribution in [1.29, 1.82) is 0 Å². The number of hydrogen-bond acceptors (Lipinski definition) is 5. The van der Waals surface area contributed by atoms with Crippen molar-refractivity contribution in [2.75, 3.05) is 20.0 Å². The van der Waals surface area contributed by atoms with E-state index in [0.717, 1.165) is 10.0 Å². The van der Waals surface area contributed by atoms with Crippen molar-refractivity contribution >= 4 is 21.8 Å². The topological polar surface area (TPSA) is 70.5 Å². The molecule has 5 nitrogen and oxygen atoms in total. The quantitative estimate of drug-likeness (QED) is 0.943. The fourth-order valence-electron chi connectivity index (χ4n) is 1.52. The van der Waals surface area contributed by atoms with Crippen LogP contribution in [0.4, 0.5) is 5.88 Å². The van der Waals surface area contributed by atoms with Crippen LogP contribution in [0.5, 0.6) is 11.5 Å². The first-order valence-electron chi connectivity index (χ1n) is 4.79. The molecular formula is C11H11BrN2O3. The predicted molar refractivity (Wildman–Crippen MR) is 67.2 cm³/mol. The van der Waals surface area contributed by atoms with E-state index in [9.17, 15) is 0 Å². The molecule has 0 fully saturated rings. The molecule has 0 amide bonds. The molecule has 90 valence electrons. The molecule has 0 aliphatic carbocycles. The number of halogens is 1. The van der Waals surface area contributed by atoms with Crippen LogP contribution in [0.1, 0.15) is 0 Å². The molecule has 0 aliphatic rings. The van der Waals surface area contributed by atoms with E-state index in [1.165, 1.54) is 0 Å². The molecule has 1 aromatic heterocycles. The summed E-state index contributed by atoms with van der Waals surface area (Å²) < 4.78 is 16.1. The predicted octanol–water partition coefficient (Wildman–Crippen LogP) is 2.70. The van der Waals surface area contributed by atoms with Crippen LogP contribution in [0.25, 0.3) is 11.1 Å².